The lowest BCUT2D eigenvalue weighted by Crippen LogP contribution is -2.31. The van der Waals surface area contributed by atoms with Crippen LogP contribution in [0.25, 0.3) is 0 Å². The number of hydrogen-bond acceptors (Lipinski definition) is 5. The molecule has 0 atom stereocenters. The summed E-state index contributed by atoms with van der Waals surface area (Å²) >= 11 is 0. The predicted molar refractivity (Wildman–Crippen MR) is 60.6 cm³/mol. The van der Waals surface area contributed by atoms with Crippen molar-refractivity contribution in [1.82, 2.24) is 15.0 Å². The molecule has 17 heavy (non-hydrogen) atoms. The van der Waals surface area contributed by atoms with E-state index in [9.17, 15) is 13.2 Å². The Morgan fingerprint density at radius 1 is 1.47 bits per heavy atom. The molecule has 0 saturated heterocycles. The van der Waals surface area contributed by atoms with Crippen LogP contribution in [0.2, 0.25) is 0 Å². The third-order valence-electron chi connectivity index (χ3n) is 1.99. The Balaban J connectivity index is 2.37. The van der Waals surface area contributed by atoms with Gasteiger partial charge in [0, 0.05) is 12.4 Å². The summed E-state index contributed by atoms with van der Waals surface area (Å²) in [7, 11) is -3.71. The lowest BCUT2D eigenvalue weighted by atomic mass is 10.3. The van der Waals surface area contributed by atoms with Crippen LogP contribution in [-0.4, -0.2) is 29.8 Å². The summed E-state index contributed by atoms with van der Waals surface area (Å²) in [5, 5.41) is 0. The first-order chi connectivity index (χ1) is 8.05. The molecule has 1 rings (SSSR count). The summed E-state index contributed by atoms with van der Waals surface area (Å²) in [6.45, 7) is 1.97. The number of imidazole rings is 1. The molecule has 0 bridgehead atoms. The Hall–Kier alpha value is -1.41. The third kappa shape index (κ3) is 4.96. The quantitative estimate of drug-likeness (QED) is 0.606. The molecule has 0 unspecified atom stereocenters. The number of nitrogens with one attached hydrogen (secondary N) is 1. The fraction of sp³-hybridized carbons (Fsp3) is 0.556. The Bertz CT molecular complexity index is 441. The minimum absolute atomic E-state index is 0.106. The standard InChI is InChI=1S/C9H15N3O4S/c1-2-3-4-7-17(14,15)16-11-9(13)12-6-5-10-8-12/h5-6,8H,2-4,7H2,1H3,(H,11,13). The summed E-state index contributed by atoms with van der Waals surface area (Å²) in [5.74, 6) is -0.106. The summed E-state index contributed by atoms with van der Waals surface area (Å²) in [4.78, 5) is 15.0. The van der Waals surface area contributed by atoms with Crippen molar-refractivity contribution in [2.75, 3.05) is 5.75 Å². The molecule has 1 aromatic heterocycles. The minimum atomic E-state index is -3.71. The summed E-state index contributed by atoms with van der Waals surface area (Å²) in [5.41, 5.74) is 1.85. The first-order valence-corrected chi connectivity index (χ1v) is 6.82. The average molecular weight is 261 g/mol. The van der Waals surface area contributed by atoms with Crippen molar-refractivity contribution in [3.05, 3.63) is 18.7 Å². The second kappa shape index (κ2) is 6.36. The number of unbranched alkanes of at least 4 members (excludes halogenated alkanes) is 2. The van der Waals surface area contributed by atoms with Gasteiger partial charge in [-0.05, 0) is 6.42 Å². The predicted octanol–water partition coefficient (Wildman–Crippen LogP) is 0.892. The molecule has 7 nitrogen and oxygen atoms in total. The monoisotopic (exact) mass is 261 g/mol. The zero-order valence-electron chi connectivity index (χ0n) is 9.50. The van der Waals surface area contributed by atoms with Gasteiger partial charge in [0.05, 0.1) is 5.75 Å². The fourth-order valence-corrected chi connectivity index (χ4v) is 1.94. The largest absolute Gasteiger partial charge is 0.351 e. The van der Waals surface area contributed by atoms with E-state index in [1.165, 1.54) is 18.7 Å². The smallest absolute Gasteiger partial charge is 0.256 e. The van der Waals surface area contributed by atoms with E-state index < -0.39 is 16.1 Å². The Kier molecular flexibility index (Phi) is 5.11. The second-order valence-corrected chi connectivity index (χ2v) is 5.12. The van der Waals surface area contributed by atoms with E-state index in [2.05, 4.69) is 9.27 Å². The number of hydroxylamine groups is 1. The molecule has 0 fully saturated rings. The number of hydrogen-bond donors (Lipinski definition) is 1. The zero-order chi connectivity index (χ0) is 12.7. The van der Waals surface area contributed by atoms with E-state index in [4.69, 9.17) is 0 Å². The van der Waals surface area contributed by atoms with Crippen LogP contribution in [0.5, 0.6) is 0 Å². The summed E-state index contributed by atoms with van der Waals surface area (Å²) in [6, 6.07) is -0.707. The molecule has 96 valence electrons. The van der Waals surface area contributed by atoms with E-state index in [1.54, 1.807) is 0 Å². The molecule has 1 amide bonds. The van der Waals surface area contributed by atoms with Gasteiger partial charge in [-0.3, -0.25) is 4.57 Å². The van der Waals surface area contributed by atoms with E-state index in [-0.39, 0.29) is 5.75 Å². The SMILES string of the molecule is CCCCCS(=O)(=O)ONC(=O)n1ccnc1. The van der Waals surface area contributed by atoms with Crippen molar-refractivity contribution in [2.45, 2.75) is 26.2 Å². The highest BCUT2D eigenvalue weighted by molar-refractivity contribution is 7.86. The van der Waals surface area contributed by atoms with E-state index in [0.29, 0.717) is 6.42 Å². The molecule has 0 aliphatic heterocycles. The third-order valence-corrected chi connectivity index (χ3v) is 3.12. The number of nitrogens with zero attached hydrogens (tertiary/aromatic N) is 2. The molecule has 0 spiro atoms. The molecule has 0 aliphatic carbocycles. The van der Waals surface area contributed by atoms with E-state index >= 15 is 0 Å². The summed E-state index contributed by atoms with van der Waals surface area (Å²) < 4.78 is 28.1. The maximum absolute atomic E-state index is 11.3. The number of rotatable bonds is 6. The van der Waals surface area contributed by atoms with Crippen molar-refractivity contribution in [2.24, 2.45) is 0 Å². The van der Waals surface area contributed by atoms with Crippen molar-refractivity contribution < 1.29 is 17.5 Å². The van der Waals surface area contributed by atoms with Gasteiger partial charge in [-0.1, -0.05) is 19.8 Å². The van der Waals surface area contributed by atoms with Crippen LogP contribution < -0.4 is 5.48 Å². The van der Waals surface area contributed by atoms with Crippen LogP contribution in [0.15, 0.2) is 18.7 Å². The van der Waals surface area contributed by atoms with Gasteiger partial charge in [-0.15, -0.1) is 4.28 Å². The first kappa shape index (κ1) is 13.7. The Morgan fingerprint density at radius 3 is 2.82 bits per heavy atom. The van der Waals surface area contributed by atoms with Crippen LogP contribution in [0.4, 0.5) is 4.79 Å². The van der Waals surface area contributed by atoms with Crippen molar-refractivity contribution >= 4 is 16.1 Å². The topological polar surface area (TPSA) is 90.3 Å². The molecular formula is C9H15N3O4S. The Morgan fingerprint density at radius 2 is 2.24 bits per heavy atom. The van der Waals surface area contributed by atoms with Gasteiger partial charge in [0.25, 0.3) is 10.1 Å². The van der Waals surface area contributed by atoms with Crippen LogP contribution in [0.1, 0.15) is 26.2 Å². The fourth-order valence-electron chi connectivity index (χ4n) is 1.10. The number of aromatic nitrogens is 2. The van der Waals surface area contributed by atoms with Gasteiger partial charge >= 0.3 is 6.03 Å². The van der Waals surface area contributed by atoms with Gasteiger partial charge < -0.3 is 0 Å². The molecule has 1 heterocycles. The maximum Gasteiger partial charge on any atom is 0.351 e. The Labute approximate surface area is 99.9 Å². The van der Waals surface area contributed by atoms with Crippen molar-refractivity contribution in [3.8, 4) is 0 Å². The van der Waals surface area contributed by atoms with Crippen molar-refractivity contribution in [3.63, 3.8) is 0 Å². The van der Waals surface area contributed by atoms with Crippen molar-refractivity contribution in [1.29, 1.82) is 0 Å². The summed E-state index contributed by atoms with van der Waals surface area (Å²) in [6.07, 6.45) is 6.24. The molecule has 0 aliphatic rings. The lowest BCUT2D eigenvalue weighted by molar-refractivity contribution is 0.183. The molecule has 8 heteroatoms. The highest BCUT2D eigenvalue weighted by atomic mass is 32.2. The van der Waals surface area contributed by atoms with Crippen LogP contribution in [0, 0.1) is 0 Å². The molecule has 0 saturated carbocycles. The van der Waals surface area contributed by atoms with Crippen LogP contribution in [-0.2, 0) is 14.4 Å². The number of carbonyl (C=O) groups excluding carboxylic acids is 1. The molecule has 0 radical (unpaired) electrons. The normalized spacial score (nSPS) is 11.4. The van der Waals surface area contributed by atoms with Crippen LogP contribution in [0.3, 0.4) is 0 Å². The highest BCUT2D eigenvalue weighted by Crippen LogP contribution is 2.00. The van der Waals surface area contributed by atoms with Gasteiger partial charge in [-0.2, -0.15) is 13.9 Å². The van der Waals surface area contributed by atoms with Gasteiger partial charge in [-0.25, -0.2) is 9.78 Å². The number of amides is 1. The minimum Gasteiger partial charge on any atom is -0.256 e. The van der Waals surface area contributed by atoms with Crippen LogP contribution >= 0.6 is 0 Å². The average Bonchev–Trinajstić information content (AvgIpc) is 2.80. The first-order valence-electron chi connectivity index (χ1n) is 5.24. The van der Waals surface area contributed by atoms with Gasteiger partial charge in [0.15, 0.2) is 0 Å². The maximum atomic E-state index is 11.3. The van der Waals surface area contributed by atoms with Gasteiger partial charge in [0.2, 0.25) is 0 Å². The molecular weight excluding hydrogens is 246 g/mol. The van der Waals surface area contributed by atoms with E-state index in [0.717, 1.165) is 17.4 Å². The van der Waals surface area contributed by atoms with Gasteiger partial charge in [0.1, 0.15) is 6.33 Å². The second-order valence-electron chi connectivity index (χ2n) is 3.43. The number of carbonyl (C=O) groups is 1. The highest BCUT2D eigenvalue weighted by Gasteiger charge is 2.13. The van der Waals surface area contributed by atoms with E-state index in [1.807, 2.05) is 12.4 Å². The molecule has 1 N–H and O–H groups in total. The lowest BCUT2D eigenvalue weighted by Gasteiger charge is -2.05. The zero-order valence-corrected chi connectivity index (χ0v) is 10.3. The molecule has 1 aromatic rings. The molecule has 0 aromatic carbocycles.